The van der Waals surface area contributed by atoms with Gasteiger partial charge in [0.15, 0.2) is 0 Å². The van der Waals surface area contributed by atoms with Crippen LogP contribution in [-0.4, -0.2) is 9.38 Å². The van der Waals surface area contributed by atoms with E-state index in [1.54, 1.807) is 0 Å². The largest absolute Gasteiger partial charge is 0.304 e. The van der Waals surface area contributed by atoms with Crippen molar-refractivity contribution in [3.05, 3.63) is 58.1 Å². The van der Waals surface area contributed by atoms with Gasteiger partial charge < -0.3 is 4.40 Å². The van der Waals surface area contributed by atoms with Crippen LogP contribution in [0, 0.1) is 5.92 Å². The molecular weight excluding hydrogens is 284 g/mol. The van der Waals surface area contributed by atoms with Crippen molar-refractivity contribution in [2.75, 3.05) is 0 Å². The molecule has 0 amide bonds. The van der Waals surface area contributed by atoms with Crippen LogP contribution in [0.15, 0.2) is 41.3 Å². The van der Waals surface area contributed by atoms with Crippen LogP contribution in [0.1, 0.15) is 50.3 Å². The molecule has 0 saturated heterocycles. The molecule has 0 aliphatic heterocycles. The molecule has 2 bridgehead atoms. The number of nitrogens with zero attached hydrogens (tertiary/aromatic N) is 2. The standard InChI is InChI=1S/C20H20N2O/c1-12-14-8-5-10-20(12,2)17-16(14)19(23)21-18-15-7-4-3-6-13(15)9-11-22(17)18/h3-4,6-7,9,11-12,14H,5,8,10H2,1-2H3. The van der Waals surface area contributed by atoms with E-state index in [4.69, 9.17) is 0 Å². The molecule has 5 rings (SSSR count). The SMILES string of the molecule is CC1C2CCCC1(C)c1c2c(=O)nc2c3ccccc3ccn12. The zero-order valence-electron chi connectivity index (χ0n) is 13.5. The normalized spacial score (nSPS) is 29.1. The van der Waals surface area contributed by atoms with Crippen molar-refractivity contribution < 1.29 is 0 Å². The van der Waals surface area contributed by atoms with E-state index in [0.29, 0.717) is 11.8 Å². The summed E-state index contributed by atoms with van der Waals surface area (Å²) in [5.41, 5.74) is 3.12. The Morgan fingerprint density at radius 1 is 1.26 bits per heavy atom. The third-order valence-corrected chi connectivity index (χ3v) is 6.50. The summed E-state index contributed by atoms with van der Waals surface area (Å²) >= 11 is 0. The molecule has 1 fully saturated rings. The average molecular weight is 304 g/mol. The van der Waals surface area contributed by atoms with Gasteiger partial charge in [0.25, 0.3) is 5.56 Å². The van der Waals surface area contributed by atoms with Gasteiger partial charge in [-0.15, -0.1) is 0 Å². The lowest BCUT2D eigenvalue weighted by Crippen LogP contribution is -2.32. The fraction of sp³-hybridized carbons (Fsp3) is 0.400. The third kappa shape index (κ3) is 1.50. The van der Waals surface area contributed by atoms with Crippen LogP contribution in [0.4, 0.5) is 0 Å². The number of aromatic nitrogens is 2. The maximum absolute atomic E-state index is 12.9. The fourth-order valence-corrected chi connectivity index (χ4v) is 5.14. The Kier molecular flexibility index (Phi) is 2.44. The van der Waals surface area contributed by atoms with Crippen LogP contribution < -0.4 is 5.56 Å². The van der Waals surface area contributed by atoms with Gasteiger partial charge in [0.1, 0.15) is 5.65 Å². The summed E-state index contributed by atoms with van der Waals surface area (Å²) in [6, 6.07) is 10.3. The number of fused-ring (bicyclic) bond motifs is 9. The summed E-state index contributed by atoms with van der Waals surface area (Å²) in [6.07, 6.45) is 5.60. The predicted molar refractivity (Wildman–Crippen MR) is 92.1 cm³/mol. The van der Waals surface area contributed by atoms with Crippen LogP contribution in [-0.2, 0) is 5.41 Å². The Hall–Kier alpha value is -2.16. The smallest absolute Gasteiger partial charge is 0.277 e. The molecule has 2 aromatic heterocycles. The van der Waals surface area contributed by atoms with E-state index in [9.17, 15) is 4.79 Å². The van der Waals surface area contributed by atoms with Crippen LogP contribution in [0.2, 0.25) is 0 Å². The zero-order valence-corrected chi connectivity index (χ0v) is 13.5. The Bertz CT molecular complexity index is 1020. The first-order chi connectivity index (χ1) is 11.1. The minimum Gasteiger partial charge on any atom is -0.304 e. The highest BCUT2D eigenvalue weighted by Gasteiger charge is 2.51. The topological polar surface area (TPSA) is 34.4 Å². The minimum absolute atomic E-state index is 0.00109. The molecule has 1 aromatic carbocycles. The quantitative estimate of drug-likeness (QED) is 0.588. The average Bonchev–Trinajstić information content (AvgIpc) is 2.69. The highest BCUT2D eigenvalue weighted by atomic mass is 16.1. The fourth-order valence-electron chi connectivity index (χ4n) is 5.14. The van der Waals surface area contributed by atoms with Crippen LogP contribution in [0.25, 0.3) is 16.4 Å². The lowest BCUT2D eigenvalue weighted by Gasteiger charge is -2.36. The molecule has 2 heterocycles. The Morgan fingerprint density at radius 2 is 2.09 bits per heavy atom. The number of pyridine rings is 1. The van der Waals surface area contributed by atoms with E-state index in [0.717, 1.165) is 34.8 Å². The molecule has 23 heavy (non-hydrogen) atoms. The first-order valence-corrected chi connectivity index (χ1v) is 8.56. The number of benzene rings is 1. The zero-order chi connectivity index (χ0) is 15.8. The van der Waals surface area contributed by atoms with Gasteiger partial charge in [0.05, 0.1) is 0 Å². The van der Waals surface area contributed by atoms with E-state index in [1.165, 1.54) is 12.1 Å². The first kappa shape index (κ1) is 13.3. The summed E-state index contributed by atoms with van der Waals surface area (Å²) in [6.45, 7) is 4.66. The molecule has 0 spiro atoms. The van der Waals surface area contributed by atoms with Crippen molar-refractivity contribution in [2.24, 2.45) is 5.92 Å². The van der Waals surface area contributed by atoms with Gasteiger partial charge in [-0.2, -0.15) is 4.98 Å². The molecule has 116 valence electrons. The maximum Gasteiger partial charge on any atom is 0.277 e. The summed E-state index contributed by atoms with van der Waals surface area (Å²) in [7, 11) is 0. The van der Waals surface area contributed by atoms with Crippen LogP contribution in [0.3, 0.4) is 0 Å². The molecule has 0 radical (unpaired) electrons. The van der Waals surface area contributed by atoms with Gasteiger partial charge in [-0.3, -0.25) is 4.79 Å². The molecule has 3 nitrogen and oxygen atoms in total. The van der Waals surface area contributed by atoms with Crippen molar-refractivity contribution in [1.82, 2.24) is 9.38 Å². The maximum atomic E-state index is 12.9. The third-order valence-electron chi connectivity index (χ3n) is 6.50. The Labute approximate surface area is 135 Å². The van der Waals surface area contributed by atoms with E-state index in [-0.39, 0.29) is 11.0 Å². The second-order valence-electron chi connectivity index (χ2n) is 7.48. The van der Waals surface area contributed by atoms with E-state index in [1.807, 2.05) is 12.1 Å². The lowest BCUT2D eigenvalue weighted by molar-refractivity contribution is 0.219. The van der Waals surface area contributed by atoms with E-state index in [2.05, 4.69) is 47.6 Å². The van der Waals surface area contributed by atoms with Crippen molar-refractivity contribution in [2.45, 2.75) is 44.4 Å². The van der Waals surface area contributed by atoms with Gasteiger partial charge in [-0.1, -0.05) is 44.5 Å². The monoisotopic (exact) mass is 304 g/mol. The van der Waals surface area contributed by atoms with Crippen molar-refractivity contribution in [3.8, 4) is 0 Å². The van der Waals surface area contributed by atoms with Crippen LogP contribution in [0.5, 0.6) is 0 Å². The van der Waals surface area contributed by atoms with Gasteiger partial charge >= 0.3 is 0 Å². The molecule has 2 aliphatic carbocycles. The second kappa shape index (κ2) is 4.22. The van der Waals surface area contributed by atoms with Crippen molar-refractivity contribution in [1.29, 1.82) is 0 Å². The Morgan fingerprint density at radius 3 is 2.96 bits per heavy atom. The Balaban J connectivity index is 2.00. The molecule has 3 heteroatoms. The summed E-state index contributed by atoms with van der Waals surface area (Å²) in [5, 5.41) is 2.20. The molecule has 3 atom stereocenters. The summed E-state index contributed by atoms with van der Waals surface area (Å²) in [4.78, 5) is 17.4. The number of hydrogen-bond acceptors (Lipinski definition) is 2. The minimum atomic E-state index is -0.00109. The van der Waals surface area contributed by atoms with E-state index < -0.39 is 0 Å². The van der Waals surface area contributed by atoms with Crippen molar-refractivity contribution in [3.63, 3.8) is 0 Å². The highest BCUT2D eigenvalue weighted by Crippen LogP contribution is 2.56. The van der Waals surface area contributed by atoms with Gasteiger partial charge in [0.2, 0.25) is 0 Å². The van der Waals surface area contributed by atoms with Gasteiger partial charge in [0, 0.05) is 28.3 Å². The molecule has 3 aromatic rings. The highest BCUT2D eigenvalue weighted by molar-refractivity contribution is 5.93. The van der Waals surface area contributed by atoms with E-state index >= 15 is 0 Å². The molecule has 1 saturated carbocycles. The molecule has 3 unspecified atom stereocenters. The molecule has 0 N–H and O–H groups in total. The summed E-state index contributed by atoms with van der Waals surface area (Å²) < 4.78 is 2.21. The number of rotatable bonds is 0. The lowest BCUT2D eigenvalue weighted by atomic mass is 9.68. The summed E-state index contributed by atoms with van der Waals surface area (Å²) in [5.74, 6) is 0.900. The number of hydrogen-bond donors (Lipinski definition) is 0. The van der Waals surface area contributed by atoms with Crippen LogP contribution >= 0.6 is 0 Å². The molecular formula is C20H20N2O. The first-order valence-electron chi connectivity index (χ1n) is 8.56. The predicted octanol–water partition coefficient (Wildman–Crippen LogP) is 4.02. The van der Waals surface area contributed by atoms with Gasteiger partial charge in [-0.05, 0) is 36.1 Å². The molecule has 2 aliphatic rings. The second-order valence-corrected chi connectivity index (χ2v) is 7.48. The van der Waals surface area contributed by atoms with Gasteiger partial charge in [-0.25, -0.2) is 0 Å². The van der Waals surface area contributed by atoms with Crippen molar-refractivity contribution >= 4 is 16.4 Å².